The van der Waals surface area contributed by atoms with Crippen LogP contribution in [0.15, 0.2) is 46.9 Å². The van der Waals surface area contributed by atoms with Gasteiger partial charge in [-0.05, 0) is 54.7 Å². The molecule has 3 rings (SSSR count). The fraction of sp³-hybridized carbons (Fsp3) is 0.381. The third-order valence-corrected chi connectivity index (χ3v) is 5.50. The molecule has 0 spiro atoms. The zero-order chi connectivity index (χ0) is 20.3. The number of hydrogen-bond acceptors (Lipinski definition) is 3. The minimum atomic E-state index is -0.917. The predicted octanol–water partition coefficient (Wildman–Crippen LogP) is 3.41. The summed E-state index contributed by atoms with van der Waals surface area (Å²) < 4.78 is 27.9. The molecule has 1 fully saturated rings. The number of aliphatic hydroxyl groups is 1. The van der Waals surface area contributed by atoms with Crippen molar-refractivity contribution < 1.29 is 18.7 Å². The molecule has 28 heavy (non-hydrogen) atoms. The van der Waals surface area contributed by atoms with Crippen LogP contribution in [0.2, 0.25) is 0 Å². The molecule has 2 aromatic carbocycles. The highest BCUT2D eigenvalue weighted by Crippen LogP contribution is 2.45. The van der Waals surface area contributed by atoms with Gasteiger partial charge >= 0.3 is 0 Å². The highest BCUT2D eigenvalue weighted by molar-refractivity contribution is 9.10. The fourth-order valence-corrected chi connectivity index (χ4v) is 3.85. The molecular weight excluding hydrogens is 430 g/mol. The summed E-state index contributed by atoms with van der Waals surface area (Å²) in [4.78, 5) is 11.6. The molecule has 0 saturated heterocycles. The van der Waals surface area contributed by atoms with Crippen molar-refractivity contribution in [3.05, 3.63) is 69.7 Å². The van der Waals surface area contributed by atoms with Crippen LogP contribution in [0, 0.1) is 11.6 Å². The Labute approximate surface area is 171 Å². The molecule has 0 radical (unpaired) electrons. The summed E-state index contributed by atoms with van der Waals surface area (Å²) in [7, 11) is 0. The van der Waals surface area contributed by atoms with Crippen molar-refractivity contribution in [1.29, 1.82) is 0 Å². The fourth-order valence-electron chi connectivity index (χ4n) is 3.45. The first kappa shape index (κ1) is 20.9. The van der Waals surface area contributed by atoms with Gasteiger partial charge in [-0.2, -0.15) is 0 Å². The van der Waals surface area contributed by atoms with E-state index in [1.54, 1.807) is 0 Å². The van der Waals surface area contributed by atoms with Crippen molar-refractivity contribution in [2.24, 2.45) is 0 Å². The molecule has 2 aromatic rings. The largest absolute Gasteiger partial charge is 0.390 e. The number of amides is 1. The van der Waals surface area contributed by atoms with Crippen molar-refractivity contribution in [2.75, 3.05) is 6.54 Å². The predicted molar refractivity (Wildman–Crippen MR) is 107 cm³/mol. The van der Waals surface area contributed by atoms with Gasteiger partial charge in [0.2, 0.25) is 5.91 Å². The lowest BCUT2D eigenvalue weighted by atomic mass is 9.99. The molecule has 3 N–H and O–H groups in total. The molecular formula is C21H23BrF2N2O2. The molecule has 0 unspecified atom stereocenters. The number of nitrogens with one attached hydrogen (secondary N) is 2. The molecule has 150 valence electrons. The molecule has 0 aliphatic heterocycles. The zero-order valence-electron chi connectivity index (χ0n) is 15.5. The van der Waals surface area contributed by atoms with Gasteiger partial charge in [0.25, 0.3) is 0 Å². The molecule has 7 heteroatoms. The van der Waals surface area contributed by atoms with Crippen LogP contribution in [0.1, 0.15) is 30.9 Å². The lowest BCUT2D eigenvalue weighted by Gasteiger charge is -2.27. The summed E-state index contributed by atoms with van der Waals surface area (Å²) >= 11 is 3.48. The van der Waals surface area contributed by atoms with Crippen LogP contribution in [-0.2, 0) is 16.8 Å². The molecule has 2 atom stereocenters. The molecule has 1 aliphatic carbocycles. The van der Waals surface area contributed by atoms with E-state index in [1.807, 2.05) is 24.3 Å². The third kappa shape index (κ3) is 5.37. The number of carbonyl (C=O) groups is 1. The van der Waals surface area contributed by atoms with E-state index < -0.39 is 23.8 Å². The van der Waals surface area contributed by atoms with E-state index in [0.717, 1.165) is 28.9 Å². The molecule has 1 saturated carbocycles. The van der Waals surface area contributed by atoms with Gasteiger partial charge < -0.3 is 15.7 Å². The van der Waals surface area contributed by atoms with E-state index in [0.29, 0.717) is 5.56 Å². The van der Waals surface area contributed by atoms with Gasteiger partial charge in [-0.25, -0.2) is 8.78 Å². The maximum atomic E-state index is 13.5. The lowest BCUT2D eigenvalue weighted by Crippen LogP contribution is -2.49. The zero-order valence-corrected chi connectivity index (χ0v) is 17.1. The number of rotatable bonds is 8. The highest BCUT2D eigenvalue weighted by atomic mass is 79.9. The molecule has 0 heterocycles. The Balaban J connectivity index is 1.68. The maximum Gasteiger partial charge on any atom is 0.217 e. The number of halogens is 3. The van der Waals surface area contributed by atoms with Gasteiger partial charge in [0.05, 0.1) is 12.1 Å². The monoisotopic (exact) mass is 452 g/mol. The van der Waals surface area contributed by atoms with Crippen LogP contribution in [0.4, 0.5) is 8.78 Å². The molecule has 4 nitrogen and oxygen atoms in total. The van der Waals surface area contributed by atoms with Crippen molar-refractivity contribution in [1.82, 2.24) is 10.6 Å². The van der Waals surface area contributed by atoms with Gasteiger partial charge in [-0.3, -0.25) is 4.79 Å². The first-order valence-electron chi connectivity index (χ1n) is 9.19. The normalized spacial score (nSPS) is 17.0. The summed E-state index contributed by atoms with van der Waals surface area (Å²) in [5.41, 5.74) is 1.33. The number of carbonyl (C=O) groups excluding carboxylic acids is 1. The molecule has 1 aliphatic rings. The third-order valence-electron chi connectivity index (χ3n) is 5.01. The smallest absolute Gasteiger partial charge is 0.217 e. The Morgan fingerprint density at radius 2 is 1.89 bits per heavy atom. The van der Waals surface area contributed by atoms with Gasteiger partial charge in [0, 0.05) is 29.5 Å². The van der Waals surface area contributed by atoms with Crippen molar-refractivity contribution in [2.45, 2.75) is 43.9 Å². The van der Waals surface area contributed by atoms with Crippen LogP contribution >= 0.6 is 15.9 Å². The van der Waals surface area contributed by atoms with Crippen molar-refractivity contribution >= 4 is 21.8 Å². The highest BCUT2D eigenvalue weighted by Gasteiger charge is 2.44. The van der Waals surface area contributed by atoms with E-state index in [2.05, 4.69) is 26.6 Å². The van der Waals surface area contributed by atoms with Gasteiger partial charge in [0.15, 0.2) is 0 Å². The van der Waals surface area contributed by atoms with Crippen LogP contribution in [-0.4, -0.2) is 29.7 Å². The standard InChI is InChI=1S/C21H23BrF2N2O2/c1-13(27)26-19(9-14-7-17(23)11-18(24)8-14)20(28)12-25-21(5-6-21)15-3-2-4-16(22)10-15/h2-4,7-8,10-11,19-20,25,28H,5-6,9,12H2,1H3,(H,26,27)/t19-,20+/m0/s1. The van der Waals surface area contributed by atoms with Gasteiger partial charge in [-0.15, -0.1) is 0 Å². The van der Waals surface area contributed by atoms with E-state index in [9.17, 15) is 18.7 Å². The van der Waals surface area contributed by atoms with Gasteiger partial charge in [0.1, 0.15) is 11.6 Å². The second kappa shape index (κ2) is 8.68. The summed E-state index contributed by atoms with van der Waals surface area (Å²) in [6.45, 7) is 1.60. The molecule has 0 bridgehead atoms. The second-order valence-corrected chi connectivity index (χ2v) is 8.25. The minimum absolute atomic E-state index is 0.126. The summed E-state index contributed by atoms with van der Waals surface area (Å²) in [6.07, 6.45) is 1.12. The molecule has 0 aromatic heterocycles. The quantitative estimate of drug-likeness (QED) is 0.574. The van der Waals surface area contributed by atoms with E-state index in [4.69, 9.17) is 0 Å². The van der Waals surface area contributed by atoms with Crippen LogP contribution in [0.5, 0.6) is 0 Å². The van der Waals surface area contributed by atoms with Gasteiger partial charge in [-0.1, -0.05) is 28.1 Å². The Kier molecular flexibility index (Phi) is 6.47. The van der Waals surface area contributed by atoms with E-state index in [1.165, 1.54) is 19.1 Å². The van der Waals surface area contributed by atoms with Crippen LogP contribution < -0.4 is 10.6 Å². The Bertz CT molecular complexity index is 838. The van der Waals surface area contributed by atoms with Crippen molar-refractivity contribution in [3.8, 4) is 0 Å². The topological polar surface area (TPSA) is 61.4 Å². The second-order valence-electron chi connectivity index (χ2n) is 7.33. The number of hydrogen-bond donors (Lipinski definition) is 3. The summed E-state index contributed by atoms with van der Waals surface area (Å²) in [5.74, 6) is -1.68. The average Bonchev–Trinajstić information content (AvgIpc) is 3.39. The Morgan fingerprint density at radius 3 is 2.46 bits per heavy atom. The summed E-state index contributed by atoms with van der Waals surface area (Å²) in [6, 6.07) is 10.6. The van der Waals surface area contributed by atoms with Crippen molar-refractivity contribution in [3.63, 3.8) is 0 Å². The summed E-state index contributed by atoms with van der Waals surface area (Å²) in [5, 5.41) is 16.8. The average molecular weight is 453 g/mol. The minimum Gasteiger partial charge on any atom is -0.390 e. The first-order valence-corrected chi connectivity index (χ1v) is 9.98. The van der Waals surface area contributed by atoms with E-state index >= 15 is 0 Å². The first-order chi connectivity index (χ1) is 13.3. The Hall–Kier alpha value is -1.83. The lowest BCUT2D eigenvalue weighted by molar-refractivity contribution is -0.120. The number of benzene rings is 2. The van der Waals surface area contributed by atoms with E-state index in [-0.39, 0.29) is 24.4 Å². The number of aliphatic hydroxyl groups excluding tert-OH is 1. The van der Waals surface area contributed by atoms with Crippen LogP contribution in [0.25, 0.3) is 0 Å². The SMILES string of the molecule is CC(=O)N[C@@H](Cc1cc(F)cc(F)c1)[C@H](O)CNC1(c2cccc(Br)c2)CC1. The molecule has 1 amide bonds. The van der Waals surface area contributed by atoms with Crippen LogP contribution in [0.3, 0.4) is 0 Å². The Morgan fingerprint density at radius 1 is 1.21 bits per heavy atom. The maximum absolute atomic E-state index is 13.5.